The molecule has 0 N–H and O–H groups in total. The summed E-state index contributed by atoms with van der Waals surface area (Å²) in [6.45, 7) is 13.5. The van der Waals surface area contributed by atoms with Crippen molar-refractivity contribution in [2.75, 3.05) is 0 Å². The fourth-order valence-corrected chi connectivity index (χ4v) is 1.55. The van der Waals surface area contributed by atoms with Crippen molar-refractivity contribution in [3.05, 3.63) is 60.2 Å². The first-order valence-corrected chi connectivity index (χ1v) is 8.22. The van der Waals surface area contributed by atoms with Gasteiger partial charge in [-0.2, -0.15) is 0 Å². The van der Waals surface area contributed by atoms with Gasteiger partial charge in [-0.05, 0) is 71.4 Å². The van der Waals surface area contributed by atoms with E-state index in [-0.39, 0.29) is 11.2 Å². The maximum Gasteiger partial charge on any atom is 0.0894 e. The van der Waals surface area contributed by atoms with Gasteiger partial charge in [-0.3, -0.25) is 9.97 Å². The van der Waals surface area contributed by atoms with E-state index in [1.165, 1.54) is 5.56 Å². The molecule has 0 fully saturated rings. The third-order valence-electron chi connectivity index (χ3n) is 2.80. The summed E-state index contributed by atoms with van der Waals surface area (Å²) in [5, 5.41) is 0. The van der Waals surface area contributed by atoms with Crippen LogP contribution in [-0.2, 0) is 22.7 Å². The van der Waals surface area contributed by atoms with Crippen molar-refractivity contribution in [1.29, 1.82) is 0 Å². The predicted octanol–water partition coefficient (Wildman–Crippen LogP) is 4.79. The summed E-state index contributed by atoms with van der Waals surface area (Å²) >= 11 is 0. The highest BCUT2D eigenvalue weighted by molar-refractivity contribution is 5.08. The van der Waals surface area contributed by atoms with Gasteiger partial charge in [0.05, 0.1) is 30.1 Å². The number of ether oxygens (including phenoxy) is 2. The number of nitrogens with zero attached hydrogens (tertiary/aromatic N) is 2. The maximum atomic E-state index is 5.59. The van der Waals surface area contributed by atoms with Gasteiger partial charge in [-0.1, -0.05) is 6.07 Å². The van der Waals surface area contributed by atoms with E-state index in [9.17, 15) is 0 Å². The summed E-state index contributed by atoms with van der Waals surface area (Å²) in [6, 6.07) is 9.76. The largest absolute Gasteiger partial charge is 0.371 e. The molecular formula is C20H30N2O2. The first-order chi connectivity index (χ1) is 11.2. The van der Waals surface area contributed by atoms with Crippen LogP contribution in [0.25, 0.3) is 0 Å². The summed E-state index contributed by atoms with van der Waals surface area (Å²) < 4.78 is 11.1. The topological polar surface area (TPSA) is 44.2 Å². The van der Waals surface area contributed by atoms with Gasteiger partial charge in [-0.25, -0.2) is 0 Å². The van der Waals surface area contributed by atoms with Gasteiger partial charge in [0.2, 0.25) is 0 Å². The highest BCUT2D eigenvalue weighted by atomic mass is 16.5. The minimum Gasteiger partial charge on any atom is -0.371 e. The number of hydrogen-bond donors (Lipinski definition) is 0. The van der Waals surface area contributed by atoms with Crippen LogP contribution in [0, 0.1) is 0 Å². The number of hydrogen-bond acceptors (Lipinski definition) is 4. The average Bonchev–Trinajstić information content (AvgIpc) is 2.52. The van der Waals surface area contributed by atoms with Gasteiger partial charge in [-0.15, -0.1) is 0 Å². The van der Waals surface area contributed by atoms with Crippen LogP contribution in [0.15, 0.2) is 48.9 Å². The van der Waals surface area contributed by atoms with Crippen molar-refractivity contribution >= 4 is 0 Å². The van der Waals surface area contributed by atoms with Crippen molar-refractivity contribution in [2.24, 2.45) is 0 Å². The molecule has 0 saturated carbocycles. The smallest absolute Gasteiger partial charge is 0.0894 e. The van der Waals surface area contributed by atoms with Gasteiger partial charge in [0.25, 0.3) is 0 Å². The molecular weight excluding hydrogens is 300 g/mol. The normalized spacial score (nSPS) is 11.6. The lowest BCUT2D eigenvalue weighted by molar-refractivity contribution is -0.0165. The molecule has 0 aliphatic heterocycles. The van der Waals surface area contributed by atoms with Crippen LogP contribution < -0.4 is 0 Å². The zero-order valence-electron chi connectivity index (χ0n) is 15.7. The summed E-state index contributed by atoms with van der Waals surface area (Å²) in [6.07, 6.45) is 5.34. The van der Waals surface area contributed by atoms with Crippen LogP contribution in [0.2, 0.25) is 0 Å². The highest BCUT2D eigenvalue weighted by Crippen LogP contribution is 2.11. The molecule has 4 nitrogen and oxygen atoms in total. The Morgan fingerprint density at radius 2 is 1.33 bits per heavy atom. The highest BCUT2D eigenvalue weighted by Gasteiger charge is 2.10. The fourth-order valence-electron chi connectivity index (χ4n) is 1.55. The second-order valence-corrected chi connectivity index (χ2v) is 7.48. The molecule has 0 aliphatic carbocycles. The molecule has 0 spiro atoms. The van der Waals surface area contributed by atoms with E-state index < -0.39 is 0 Å². The first kappa shape index (κ1) is 20.3. The Morgan fingerprint density at radius 3 is 1.83 bits per heavy atom. The maximum absolute atomic E-state index is 5.59. The van der Waals surface area contributed by atoms with Crippen LogP contribution in [0.3, 0.4) is 0 Å². The van der Waals surface area contributed by atoms with Crippen LogP contribution >= 0.6 is 0 Å². The van der Waals surface area contributed by atoms with E-state index in [1.54, 1.807) is 18.6 Å². The third kappa shape index (κ3) is 10.9. The molecule has 0 aliphatic rings. The lowest BCUT2D eigenvalue weighted by atomic mass is 10.2. The molecule has 2 aromatic rings. The Hall–Kier alpha value is -1.78. The fraction of sp³-hybridized carbons (Fsp3) is 0.500. The van der Waals surface area contributed by atoms with E-state index in [1.807, 2.05) is 71.9 Å². The first-order valence-electron chi connectivity index (χ1n) is 8.22. The molecule has 0 bridgehead atoms. The predicted molar refractivity (Wildman–Crippen MR) is 97.6 cm³/mol. The van der Waals surface area contributed by atoms with E-state index in [4.69, 9.17) is 9.47 Å². The average molecular weight is 330 g/mol. The standard InChI is InChI=1S/2C10H15NO/c1-10(2,3)12-8-9-4-6-11-7-5-9;1-10(2,3)12-8-9-6-4-5-7-11-9/h2*4-7H,8H2,1-3H3. The molecule has 2 rings (SSSR count). The van der Waals surface area contributed by atoms with Crippen molar-refractivity contribution in [2.45, 2.75) is 66.0 Å². The molecule has 132 valence electrons. The van der Waals surface area contributed by atoms with Crippen molar-refractivity contribution in [1.82, 2.24) is 9.97 Å². The van der Waals surface area contributed by atoms with Gasteiger partial charge in [0, 0.05) is 18.6 Å². The van der Waals surface area contributed by atoms with E-state index in [0.29, 0.717) is 13.2 Å². The zero-order valence-corrected chi connectivity index (χ0v) is 15.7. The van der Waals surface area contributed by atoms with Gasteiger partial charge < -0.3 is 9.47 Å². The molecule has 0 aromatic carbocycles. The van der Waals surface area contributed by atoms with Crippen LogP contribution in [0.1, 0.15) is 52.8 Å². The molecule has 0 unspecified atom stereocenters. The summed E-state index contributed by atoms with van der Waals surface area (Å²) in [7, 11) is 0. The quantitative estimate of drug-likeness (QED) is 0.808. The second kappa shape index (κ2) is 9.50. The zero-order chi connectivity index (χ0) is 18.1. The lowest BCUT2D eigenvalue weighted by Gasteiger charge is -2.19. The van der Waals surface area contributed by atoms with Crippen molar-refractivity contribution in [3.8, 4) is 0 Å². The minimum absolute atomic E-state index is 0.0662. The van der Waals surface area contributed by atoms with E-state index >= 15 is 0 Å². The van der Waals surface area contributed by atoms with Crippen molar-refractivity contribution in [3.63, 3.8) is 0 Å². The van der Waals surface area contributed by atoms with Gasteiger partial charge in [0.1, 0.15) is 0 Å². The lowest BCUT2D eigenvalue weighted by Crippen LogP contribution is -2.18. The molecule has 0 amide bonds. The summed E-state index contributed by atoms with van der Waals surface area (Å²) in [5.74, 6) is 0. The second-order valence-electron chi connectivity index (χ2n) is 7.48. The summed E-state index contributed by atoms with van der Waals surface area (Å²) in [5.41, 5.74) is 1.99. The summed E-state index contributed by atoms with van der Waals surface area (Å²) in [4.78, 5) is 8.09. The van der Waals surface area contributed by atoms with E-state index in [0.717, 1.165) is 5.69 Å². The monoisotopic (exact) mass is 330 g/mol. The Balaban J connectivity index is 0.000000240. The Morgan fingerprint density at radius 1 is 0.750 bits per heavy atom. The van der Waals surface area contributed by atoms with E-state index in [2.05, 4.69) is 9.97 Å². The SMILES string of the molecule is CC(C)(C)OCc1ccccn1.CC(C)(C)OCc1ccncc1. The Bertz CT molecular complexity index is 504. The molecule has 24 heavy (non-hydrogen) atoms. The third-order valence-corrected chi connectivity index (χ3v) is 2.80. The van der Waals surface area contributed by atoms with Gasteiger partial charge in [0.15, 0.2) is 0 Å². The molecule has 4 heteroatoms. The molecule has 2 aromatic heterocycles. The number of aromatic nitrogens is 2. The Labute approximate surface area is 146 Å². The van der Waals surface area contributed by atoms with Crippen LogP contribution in [0.4, 0.5) is 0 Å². The van der Waals surface area contributed by atoms with Gasteiger partial charge >= 0.3 is 0 Å². The van der Waals surface area contributed by atoms with Crippen molar-refractivity contribution < 1.29 is 9.47 Å². The Kier molecular flexibility index (Phi) is 8.02. The number of rotatable bonds is 4. The molecule has 0 radical (unpaired) electrons. The molecule has 2 heterocycles. The number of pyridine rings is 2. The molecule has 0 atom stereocenters. The van der Waals surface area contributed by atoms with Crippen LogP contribution in [0.5, 0.6) is 0 Å². The van der Waals surface area contributed by atoms with Crippen LogP contribution in [-0.4, -0.2) is 21.2 Å². The minimum atomic E-state index is -0.0858. The molecule has 0 saturated heterocycles.